The average molecular weight is 821 g/mol. The van der Waals surface area contributed by atoms with Crippen molar-refractivity contribution in [3.63, 3.8) is 0 Å². The van der Waals surface area contributed by atoms with E-state index >= 15 is 0 Å². The molecule has 0 aliphatic carbocycles. The molecule has 3 aliphatic rings. The minimum Gasteiger partial charge on any atom is -0.488 e. The van der Waals surface area contributed by atoms with Crippen LogP contribution in [0.4, 0.5) is 9.59 Å². The van der Waals surface area contributed by atoms with Crippen molar-refractivity contribution < 1.29 is 38.1 Å². The third-order valence-corrected chi connectivity index (χ3v) is 12.2. The summed E-state index contributed by atoms with van der Waals surface area (Å²) >= 11 is 0. The maximum atomic E-state index is 13.8. The monoisotopic (exact) mass is 820 g/mol. The number of ether oxygens (including phenoxy) is 4. The number of benzene rings is 3. The van der Waals surface area contributed by atoms with E-state index in [-0.39, 0.29) is 49.6 Å². The molecule has 3 aliphatic heterocycles. The molecular formula is C44H52N8O8. The lowest BCUT2D eigenvalue weighted by Crippen LogP contribution is -2.57. The zero-order valence-electron chi connectivity index (χ0n) is 34.7. The molecule has 16 nitrogen and oxygen atoms in total. The molecule has 60 heavy (non-hydrogen) atoms. The number of carbonyl (C=O) groups excluding carboxylic acids is 4. The van der Waals surface area contributed by atoms with Gasteiger partial charge < -0.3 is 49.3 Å². The van der Waals surface area contributed by atoms with E-state index in [1.165, 1.54) is 14.2 Å². The fourth-order valence-electron chi connectivity index (χ4n) is 9.30. The quantitative estimate of drug-likeness (QED) is 0.114. The van der Waals surface area contributed by atoms with Crippen LogP contribution in [0, 0.1) is 0 Å². The number of alkyl carbamates (subject to hydrolysis) is 2. The van der Waals surface area contributed by atoms with E-state index < -0.39 is 17.8 Å². The van der Waals surface area contributed by atoms with Gasteiger partial charge in [-0.15, -0.1) is 0 Å². The molecule has 2 aromatic heterocycles. The Morgan fingerprint density at radius 3 is 2.57 bits per heavy atom. The van der Waals surface area contributed by atoms with Crippen LogP contribution < -0.4 is 15.4 Å². The number of hydrogen-bond acceptors (Lipinski definition) is 10. The van der Waals surface area contributed by atoms with Crippen LogP contribution in [0.2, 0.25) is 0 Å². The molecule has 2 saturated heterocycles. The van der Waals surface area contributed by atoms with E-state index in [9.17, 15) is 19.2 Å². The lowest BCUT2D eigenvalue weighted by Gasteiger charge is -2.47. The number of H-pyrrole nitrogens is 2. The molecule has 2 fully saturated rings. The third kappa shape index (κ3) is 7.95. The summed E-state index contributed by atoms with van der Waals surface area (Å²) < 4.78 is 22.2. The van der Waals surface area contributed by atoms with Gasteiger partial charge in [-0.05, 0) is 98.7 Å². The number of imidazole rings is 2. The van der Waals surface area contributed by atoms with Crippen LogP contribution >= 0.6 is 0 Å². The van der Waals surface area contributed by atoms with Crippen molar-refractivity contribution in [3.05, 3.63) is 65.9 Å². The number of aromatic amines is 2. The molecule has 0 radical (unpaired) electrons. The molecule has 2 unspecified atom stereocenters. The number of amides is 4. The Hall–Kier alpha value is -6.16. The first-order chi connectivity index (χ1) is 29.0. The highest BCUT2D eigenvalue weighted by Gasteiger charge is 2.43. The minimum absolute atomic E-state index is 0.0795. The van der Waals surface area contributed by atoms with Gasteiger partial charge in [0.1, 0.15) is 37.1 Å². The Balaban J connectivity index is 1.03. The highest BCUT2D eigenvalue weighted by atomic mass is 16.5. The molecule has 0 saturated carbocycles. The van der Waals surface area contributed by atoms with Crippen LogP contribution in [0.1, 0.15) is 82.6 Å². The second kappa shape index (κ2) is 16.8. The standard InChI is InChI=1S/C44H52N8O8/c1-6-36(44(3)15-7-9-25(2)60-44)52(39(54)22-47-43(56)58-5)23-37-45-20-33(48-37)27-11-13-29-28(17-27)24-59-35-19-30-26(18-31(29)35)12-14-32-40(30)50-41(49-32)34-10-8-16-51(34)38(53)21-46-42(55)57-4/h11-14,17-20,25,34,36H,6-10,15-16,21-24H2,1-5H3,(H,45,48)(H,46,55)(H,47,56)(H,49,50)/t25-,34?,36?,44-/m1/s1. The van der Waals surface area contributed by atoms with Gasteiger partial charge in [0.2, 0.25) is 11.8 Å². The number of carbonyl (C=O) groups is 4. The maximum Gasteiger partial charge on any atom is 0.407 e. The van der Waals surface area contributed by atoms with Gasteiger partial charge in [-0.2, -0.15) is 0 Å². The zero-order chi connectivity index (χ0) is 42.1. The summed E-state index contributed by atoms with van der Waals surface area (Å²) in [6.07, 6.45) is 5.61. The first kappa shape index (κ1) is 40.6. The Bertz CT molecular complexity index is 2450. The Labute approximate surface area is 347 Å². The van der Waals surface area contributed by atoms with E-state index in [1.807, 2.05) is 6.07 Å². The molecular weight excluding hydrogens is 769 g/mol. The zero-order valence-corrected chi connectivity index (χ0v) is 34.7. The molecule has 8 rings (SSSR count). The normalized spacial score (nSPS) is 20.2. The Morgan fingerprint density at radius 2 is 1.80 bits per heavy atom. The summed E-state index contributed by atoms with van der Waals surface area (Å²) in [5.41, 5.74) is 5.94. The number of fused-ring (bicyclic) bond motifs is 6. The van der Waals surface area contributed by atoms with Gasteiger partial charge >= 0.3 is 12.2 Å². The van der Waals surface area contributed by atoms with Gasteiger partial charge in [-0.3, -0.25) is 9.59 Å². The fraction of sp³-hybridized carbons (Fsp3) is 0.455. The van der Waals surface area contributed by atoms with Gasteiger partial charge in [0.05, 0.1) is 67.5 Å². The van der Waals surface area contributed by atoms with Gasteiger partial charge in [0, 0.05) is 17.5 Å². The first-order valence-corrected chi connectivity index (χ1v) is 20.7. The predicted octanol–water partition coefficient (Wildman–Crippen LogP) is 6.50. The number of aromatic nitrogens is 4. The molecule has 16 heteroatoms. The van der Waals surface area contributed by atoms with Crippen LogP contribution in [0.3, 0.4) is 0 Å². The predicted molar refractivity (Wildman–Crippen MR) is 223 cm³/mol. The second-order valence-corrected chi connectivity index (χ2v) is 16.1. The first-order valence-electron chi connectivity index (χ1n) is 20.7. The molecule has 4 amide bonds. The van der Waals surface area contributed by atoms with Crippen molar-refractivity contribution in [2.24, 2.45) is 0 Å². The average Bonchev–Trinajstić information content (AvgIpc) is 4.04. The van der Waals surface area contributed by atoms with E-state index in [2.05, 4.69) is 82.5 Å². The number of hydrogen-bond donors (Lipinski definition) is 4. The molecule has 5 heterocycles. The van der Waals surface area contributed by atoms with Crippen molar-refractivity contribution in [2.75, 3.05) is 33.9 Å². The molecule has 316 valence electrons. The minimum atomic E-state index is -0.669. The SMILES string of the molecule is CCC(N(Cc1ncc(-c2ccc3c(c2)COc2cc4c(ccc5nc(C6CCCN6C(=O)CNC(=O)OC)[nH]c54)cc2-3)[nH]1)C(=O)CNC(=O)OC)[C@@]1(C)CCC[C@@H](C)O1. The van der Waals surface area contributed by atoms with Crippen LogP contribution in [-0.2, 0) is 37.0 Å². The Morgan fingerprint density at radius 1 is 1.00 bits per heavy atom. The fourth-order valence-corrected chi connectivity index (χ4v) is 9.30. The van der Waals surface area contributed by atoms with Crippen LogP contribution in [0.25, 0.3) is 44.2 Å². The van der Waals surface area contributed by atoms with Crippen molar-refractivity contribution in [1.29, 1.82) is 0 Å². The second-order valence-electron chi connectivity index (χ2n) is 16.1. The topological polar surface area (TPSA) is 193 Å². The van der Waals surface area contributed by atoms with Crippen LogP contribution in [0.5, 0.6) is 5.75 Å². The lowest BCUT2D eigenvalue weighted by molar-refractivity contribution is -0.166. The van der Waals surface area contributed by atoms with E-state index in [0.29, 0.717) is 31.2 Å². The summed E-state index contributed by atoms with van der Waals surface area (Å²) in [4.78, 5) is 70.4. The van der Waals surface area contributed by atoms with Crippen molar-refractivity contribution in [1.82, 2.24) is 40.4 Å². The number of nitrogens with zero attached hydrogens (tertiary/aromatic N) is 4. The molecule has 3 aromatic carbocycles. The lowest BCUT2D eigenvalue weighted by atomic mass is 9.84. The largest absolute Gasteiger partial charge is 0.488 e. The van der Waals surface area contributed by atoms with Gasteiger partial charge in [0.25, 0.3) is 0 Å². The van der Waals surface area contributed by atoms with Crippen molar-refractivity contribution in [3.8, 4) is 28.1 Å². The molecule has 5 aromatic rings. The van der Waals surface area contributed by atoms with Crippen molar-refractivity contribution >= 4 is 45.8 Å². The third-order valence-electron chi connectivity index (χ3n) is 12.2. The summed E-state index contributed by atoms with van der Waals surface area (Å²) in [5, 5.41) is 7.02. The number of likely N-dealkylation sites (tertiary alicyclic amines) is 1. The van der Waals surface area contributed by atoms with Crippen LogP contribution in [-0.4, -0.2) is 105 Å². The van der Waals surface area contributed by atoms with Crippen LogP contribution in [0.15, 0.2) is 48.7 Å². The van der Waals surface area contributed by atoms with E-state index in [0.717, 1.165) is 87.6 Å². The van der Waals surface area contributed by atoms with Crippen molar-refractivity contribution in [2.45, 2.75) is 96.2 Å². The van der Waals surface area contributed by atoms with E-state index in [1.54, 1.807) is 16.0 Å². The number of methoxy groups -OCH3 is 2. The smallest absolute Gasteiger partial charge is 0.407 e. The van der Waals surface area contributed by atoms with E-state index in [4.69, 9.17) is 24.2 Å². The molecule has 4 atom stereocenters. The van der Waals surface area contributed by atoms with Gasteiger partial charge in [-0.1, -0.05) is 25.1 Å². The number of rotatable bonds is 11. The molecule has 4 N–H and O–H groups in total. The maximum absolute atomic E-state index is 13.8. The Kier molecular flexibility index (Phi) is 11.4. The molecule has 0 spiro atoms. The summed E-state index contributed by atoms with van der Waals surface area (Å²) in [6, 6.07) is 14.0. The highest BCUT2D eigenvalue weighted by molar-refractivity contribution is 6.07. The highest BCUT2D eigenvalue weighted by Crippen LogP contribution is 2.43. The summed E-state index contributed by atoms with van der Waals surface area (Å²) in [7, 11) is 2.53. The molecule has 0 bridgehead atoms. The number of nitrogens with one attached hydrogen (secondary N) is 4. The van der Waals surface area contributed by atoms with Gasteiger partial charge in [-0.25, -0.2) is 19.6 Å². The summed E-state index contributed by atoms with van der Waals surface area (Å²) in [6.45, 7) is 7.01. The summed E-state index contributed by atoms with van der Waals surface area (Å²) in [5.74, 6) is 1.65. The van der Waals surface area contributed by atoms with Gasteiger partial charge in [0.15, 0.2) is 0 Å².